The number of hydrogen-bond donors (Lipinski definition) is 2. The first-order valence-electron chi connectivity index (χ1n) is 5.65. The summed E-state index contributed by atoms with van der Waals surface area (Å²) in [6, 6.07) is 0.394. The highest BCUT2D eigenvalue weighted by Crippen LogP contribution is 2.20. The van der Waals surface area contributed by atoms with E-state index in [9.17, 15) is 0 Å². The Morgan fingerprint density at radius 2 is 2.27 bits per heavy atom. The maximum absolute atomic E-state index is 7.37. The van der Waals surface area contributed by atoms with E-state index in [1.165, 1.54) is 0 Å². The number of amidine groups is 1. The monoisotopic (exact) mass is 213 g/mol. The molecule has 0 aromatic rings. The van der Waals surface area contributed by atoms with Crippen LogP contribution in [-0.2, 0) is 4.74 Å². The molecule has 3 N–H and O–H groups in total. The SMILES string of the molecule is CCC(CC(=N)N)N1CCOC(C)(C)C1. The van der Waals surface area contributed by atoms with Crippen LogP contribution in [0.5, 0.6) is 0 Å². The minimum absolute atomic E-state index is 0.0670. The third-order valence-electron chi connectivity index (χ3n) is 2.90. The van der Waals surface area contributed by atoms with Crippen molar-refractivity contribution >= 4 is 5.84 Å². The van der Waals surface area contributed by atoms with Gasteiger partial charge >= 0.3 is 0 Å². The van der Waals surface area contributed by atoms with Crippen molar-refractivity contribution in [3.05, 3.63) is 0 Å². The van der Waals surface area contributed by atoms with Crippen LogP contribution < -0.4 is 5.73 Å². The highest BCUT2D eigenvalue weighted by molar-refractivity contribution is 5.77. The summed E-state index contributed by atoms with van der Waals surface area (Å²) < 4.78 is 5.67. The standard InChI is InChI=1S/C11H23N3O/c1-4-9(7-10(12)13)14-5-6-15-11(2,3)8-14/h9H,4-8H2,1-3H3,(H3,12,13). The van der Waals surface area contributed by atoms with Crippen molar-refractivity contribution in [1.29, 1.82) is 5.41 Å². The summed E-state index contributed by atoms with van der Waals surface area (Å²) in [5.74, 6) is 0.283. The third kappa shape index (κ3) is 3.80. The first kappa shape index (κ1) is 12.5. The topological polar surface area (TPSA) is 62.3 Å². The van der Waals surface area contributed by atoms with Crippen LogP contribution in [0.15, 0.2) is 0 Å². The number of nitrogens with one attached hydrogen (secondary N) is 1. The van der Waals surface area contributed by atoms with Crippen molar-refractivity contribution in [2.45, 2.75) is 45.3 Å². The average molecular weight is 213 g/mol. The second-order valence-electron chi connectivity index (χ2n) is 4.87. The molecule has 0 bridgehead atoms. The van der Waals surface area contributed by atoms with Gasteiger partial charge in [-0.1, -0.05) is 6.92 Å². The molecule has 0 radical (unpaired) electrons. The van der Waals surface area contributed by atoms with Gasteiger partial charge in [-0.3, -0.25) is 10.3 Å². The van der Waals surface area contributed by atoms with Crippen LogP contribution in [-0.4, -0.2) is 42.1 Å². The van der Waals surface area contributed by atoms with E-state index in [1.807, 2.05) is 0 Å². The molecule has 0 aromatic heterocycles. The third-order valence-corrected chi connectivity index (χ3v) is 2.90. The Morgan fingerprint density at radius 3 is 2.73 bits per heavy atom. The highest BCUT2D eigenvalue weighted by Gasteiger charge is 2.30. The van der Waals surface area contributed by atoms with Gasteiger partial charge in [0.05, 0.1) is 18.0 Å². The summed E-state index contributed by atoms with van der Waals surface area (Å²) in [6.45, 7) is 9.03. The zero-order valence-electron chi connectivity index (χ0n) is 10.0. The van der Waals surface area contributed by atoms with Crippen LogP contribution in [0.25, 0.3) is 0 Å². The highest BCUT2D eigenvalue weighted by atomic mass is 16.5. The van der Waals surface area contributed by atoms with Crippen molar-refractivity contribution < 1.29 is 4.74 Å². The van der Waals surface area contributed by atoms with E-state index in [0.29, 0.717) is 12.5 Å². The maximum Gasteiger partial charge on any atom is 0.0921 e. The second kappa shape index (κ2) is 4.94. The average Bonchev–Trinajstić information content (AvgIpc) is 2.12. The predicted octanol–water partition coefficient (Wildman–Crippen LogP) is 1.20. The number of nitrogens with zero attached hydrogens (tertiary/aromatic N) is 1. The molecule has 1 rings (SSSR count). The van der Waals surface area contributed by atoms with Gasteiger partial charge in [-0.25, -0.2) is 0 Å². The van der Waals surface area contributed by atoms with E-state index in [4.69, 9.17) is 15.9 Å². The smallest absolute Gasteiger partial charge is 0.0921 e. The van der Waals surface area contributed by atoms with Crippen molar-refractivity contribution in [3.8, 4) is 0 Å². The van der Waals surface area contributed by atoms with Gasteiger partial charge in [0.15, 0.2) is 0 Å². The van der Waals surface area contributed by atoms with Crippen molar-refractivity contribution in [2.24, 2.45) is 5.73 Å². The summed E-state index contributed by atoms with van der Waals surface area (Å²) in [4.78, 5) is 2.39. The molecule has 0 aliphatic carbocycles. The summed E-state index contributed by atoms with van der Waals surface area (Å²) in [5, 5.41) is 7.37. The van der Waals surface area contributed by atoms with E-state index in [1.54, 1.807) is 0 Å². The zero-order valence-corrected chi connectivity index (χ0v) is 10.0. The first-order valence-corrected chi connectivity index (χ1v) is 5.65. The van der Waals surface area contributed by atoms with Gasteiger partial charge in [0.2, 0.25) is 0 Å². The minimum atomic E-state index is -0.0670. The Morgan fingerprint density at radius 1 is 1.60 bits per heavy atom. The van der Waals surface area contributed by atoms with Crippen LogP contribution in [0.2, 0.25) is 0 Å². The van der Waals surface area contributed by atoms with Gasteiger partial charge in [-0.05, 0) is 20.3 Å². The molecule has 88 valence electrons. The number of ether oxygens (including phenoxy) is 1. The molecule has 4 heteroatoms. The molecule has 0 aromatic carbocycles. The zero-order chi connectivity index (χ0) is 11.5. The predicted molar refractivity (Wildman–Crippen MR) is 62.2 cm³/mol. The Hall–Kier alpha value is -0.610. The number of hydrogen-bond acceptors (Lipinski definition) is 3. The summed E-state index contributed by atoms with van der Waals surface area (Å²) >= 11 is 0. The molecule has 0 saturated carbocycles. The molecule has 4 nitrogen and oxygen atoms in total. The van der Waals surface area contributed by atoms with E-state index < -0.39 is 0 Å². The van der Waals surface area contributed by atoms with Gasteiger partial charge in [0, 0.05) is 25.6 Å². The van der Waals surface area contributed by atoms with Gasteiger partial charge in [0.25, 0.3) is 0 Å². The van der Waals surface area contributed by atoms with Crippen molar-refractivity contribution in [3.63, 3.8) is 0 Å². The Labute approximate surface area is 92.3 Å². The van der Waals surface area contributed by atoms with Crippen molar-refractivity contribution in [1.82, 2.24) is 4.90 Å². The van der Waals surface area contributed by atoms with Gasteiger partial charge in [0.1, 0.15) is 0 Å². The van der Waals surface area contributed by atoms with Gasteiger partial charge < -0.3 is 10.5 Å². The molecule has 1 unspecified atom stereocenters. The minimum Gasteiger partial charge on any atom is -0.388 e. The lowest BCUT2D eigenvalue weighted by Gasteiger charge is -2.42. The molecule has 1 fully saturated rings. The quantitative estimate of drug-likeness (QED) is 0.545. The molecule has 0 spiro atoms. The van der Waals surface area contributed by atoms with E-state index in [2.05, 4.69) is 25.7 Å². The number of morpholine rings is 1. The molecule has 15 heavy (non-hydrogen) atoms. The fraction of sp³-hybridized carbons (Fsp3) is 0.909. The molecule has 1 saturated heterocycles. The normalized spacial score (nSPS) is 23.7. The maximum atomic E-state index is 7.37. The number of nitrogens with two attached hydrogens (primary N) is 1. The van der Waals surface area contributed by atoms with E-state index in [0.717, 1.165) is 26.1 Å². The molecule has 1 aliphatic rings. The molecule has 1 heterocycles. The lowest BCUT2D eigenvalue weighted by atomic mass is 10.0. The summed E-state index contributed by atoms with van der Waals surface area (Å²) in [5.41, 5.74) is 5.40. The summed E-state index contributed by atoms with van der Waals surface area (Å²) in [7, 11) is 0. The molecule has 1 aliphatic heterocycles. The van der Waals surface area contributed by atoms with Crippen LogP contribution in [0.1, 0.15) is 33.6 Å². The summed E-state index contributed by atoms with van der Waals surface area (Å²) in [6.07, 6.45) is 1.71. The lowest BCUT2D eigenvalue weighted by Crippen LogP contribution is -2.52. The lowest BCUT2D eigenvalue weighted by molar-refractivity contribution is -0.0967. The van der Waals surface area contributed by atoms with Crippen LogP contribution in [0.4, 0.5) is 0 Å². The molecule has 1 atom stereocenters. The fourth-order valence-electron chi connectivity index (χ4n) is 2.15. The van der Waals surface area contributed by atoms with Gasteiger partial charge in [-0.2, -0.15) is 0 Å². The fourth-order valence-corrected chi connectivity index (χ4v) is 2.15. The van der Waals surface area contributed by atoms with Gasteiger partial charge in [-0.15, -0.1) is 0 Å². The Bertz CT molecular complexity index is 228. The van der Waals surface area contributed by atoms with Crippen molar-refractivity contribution in [2.75, 3.05) is 19.7 Å². The first-order chi connectivity index (χ1) is 6.94. The Kier molecular flexibility index (Phi) is 4.11. The largest absolute Gasteiger partial charge is 0.388 e. The van der Waals surface area contributed by atoms with Crippen LogP contribution >= 0.6 is 0 Å². The Balaban J connectivity index is 2.56. The molecular weight excluding hydrogens is 190 g/mol. The second-order valence-corrected chi connectivity index (χ2v) is 4.87. The van der Waals surface area contributed by atoms with Crippen LogP contribution in [0.3, 0.4) is 0 Å². The van der Waals surface area contributed by atoms with E-state index >= 15 is 0 Å². The number of rotatable bonds is 4. The van der Waals surface area contributed by atoms with E-state index in [-0.39, 0.29) is 11.4 Å². The van der Waals surface area contributed by atoms with Crippen LogP contribution in [0, 0.1) is 5.41 Å². The molecular formula is C11H23N3O. The molecule has 0 amide bonds.